The average Bonchev–Trinajstić information content (AvgIpc) is 3.21. The van der Waals surface area contributed by atoms with Gasteiger partial charge in [0.05, 0.1) is 18.7 Å². The molecule has 0 aliphatic heterocycles. The van der Waals surface area contributed by atoms with Crippen LogP contribution in [0.2, 0.25) is 0 Å². The summed E-state index contributed by atoms with van der Waals surface area (Å²) in [5, 5.41) is 5.79. The molecule has 0 spiro atoms. The van der Waals surface area contributed by atoms with Gasteiger partial charge in [0.15, 0.2) is 5.76 Å². The van der Waals surface area contributed by atoms with Gasteiger partial charge in [-0.15, -0.1) is 11.3 Å². The van der Waals surface area contributed by atoms with Crippen molar-refractivity contribution in [2.24, 2.45) is 0 Å². The fourth-order valence-electron chi connectivity index (χ4n) is 2.32. The molecule has 0 unspecified atom stereocenters. The van der Waals surface area contributed by atoms with Crippen molar-refractivity contribution >= 4 is 17.2 Å². The van der Waals surface area contributed by atoms with Gasteiger partial charge < -0.3 is 14.5 Å². The third kappa shape index (κ3) is 3.49. The van der Waals surface area contributed by atoms with E-state index in [1.807, 2.05) is 37.4 Å². The number of benzene rings is 1. The van der Waals surface area contributed by atoms with Crippen molar-refractivity contribution in [3.63, 3.8) is 0 Å². The van der Waals surface area contributed by atoms with Crippen LogP contribution in [0.3, 0.4) is 0 Å². The summed E-state index contributed by atoms with van der Waals surface area (Å²) >= 11 is 1.58. The highest BCUT2D eigenvalue weighted by molar-refractivity contribution is 7.09. The lowest BCUT2D eigenvalue weighted by Crippen LogP contribution is -2.22. The number of methoxy groups -OCH3 is 1. The number of carbonyl (C=O) groups is 1. The maximum Gasteiger partial charge on any atom is 0.251 e. The predicted octanol–water partition coefficient (Wildman–Crippen LogP) is 3.96. The summed E-state index contributed by atoms with van der Waals surface area (Å²) in [7, 11) is 1.59. The Morgan fingerprint density at radius 1 is 1.29 bits per heavy atom. The second-order valence-corrected chi connectivity index (χ2v) is 6.45. The molecule has 5 nitrogen and oxygen atoms in total. The van der Waals surface area contributed by atoms with Gasteiger partial charge in [-0.2, -0.15) is 0 Å². The van der Waals surface area contributed by atoms with Gasteiger partial charge in [-0.3, -0.25) is 4.79 Å². The van der Waals surface area contributed by atoms with Crippen molar-refractivity contribution in [1.29, 1.82) is 0 Å². The average molecular weight is 342 g/mol. The monoisotopic (exact) mass is 342 g/mol. The second kappa shape index (κ2) is 6.88. The summed E-state index contributed by atoms with van der Waals surface area (Å²) in [6.07, 6.45) is 0. The third-order valence-corrected chi connectivity index (χ3v) is 4.40. The molecule has 0 aliphatic rings. The van der Waals surface area contributed by atoms with Gasteiger partial charge in [0.2, 0.25) is 0 Å². The minimum atomic E-state index is -0.171. The summed E-state index contributed by atoms with van der Waals surface area (Å²) < 4.78 is 11.0. The standard InChI is InChI=1S/C18H18N2O3S/c1-11-4-5-13(8-17(11)22-3)18(21)19-9-14-6-7-16(23-14)15-10-24-12(2)20-15/h4-8,10H,9H2,1-3H3,(H,19,21). The van der Waals surface area contributed by atoms with E-state index in [2.05, 4.69) is 10.3 Å². The summed E-state index contributed by atoms with van der Waals surface area (Å²) in [6.45, 7) is 4.21. The fraction of sp³-hybridized carbons (Fsp3) is 0.222. The van der Waals surface area contributed by atoms with Crippen LogP contribution in [0.25, 0.3) is 11.5 Å². The zero-order valence-electron chi connectivity index (χ0n) is 13.8. The molecule has 1 amide bonds. The van der Waals surface area contributed by atoms with Gasteiger partial charge in [-0.05, 0) is 43.7 Å². The highest BCUT2D eigenvalue weighted by atomic mass is 32.1. The topological polar surface area (TPSA) is 64.4 Å². The first-order valence-electron chi connectivity index (χ1n) is 7.51. The molecule has 0 radical (unpaired) electrons. The summed E-state index contributed by atoms with van der Waals surface area (Å²) in [6, 6.07) is 9.09. The molecule has 6 heteroatoms. The van der Waals surface area contributed by atoms with E-state index in [4.69, 9.17) is 9.15 Å². The number of furan rings is 1. The molecule has 3 rings (SSSR count). The lowest BCUT2D eigenvalue weighted by atomic mass is 10.1. The van der Waals surface area contributed by atoms with Crippen molar-refractivity contribution < 1.29 is 13.9 Å². The fourth-order valence-corrected chi connectivity index (χ4v) is 2.92. The Morgan fingerprint density at radius 2 is 2.12 bits per heavy atom. The van der Waals surface area contributed by atoms with Crippen LogP contribution in [0.15, 0.2) is 40.1 Å². The molecule has 2 aromatic heterocycles. The molecular weight excluding hydrogens is 324 g/mol. The van der Waals surface area contributed by atoms with E-state index in [0.717, 1.165) is 16.3 Å². The molecule has 1 aromatic carbocycles. The molecular formula is C18H18N2O3S. The Morgan fingerprint density at radius 3 is 2.83 bits per heavy atom. The molecule has 3 aromatic rings. The first-order valence-corrected chi connectivity index (χ1v) is 8.39. The number of nitrogens with one attached hydrogen (secondary N) is 1. The molecule has 0 fully saturated rings. The van der Waals surface area contributed by atoms with Crippen molar-refractivity contribution in [2.45, 2.75) is 20.4 Å². The van der Waals surface area contributed by atoms with Gasteiger partial charge in [-0.1, -0.05) is 6.07 Å². The maximum absolute atomic E-state index is 12.3. The zero-order chi connectivity index (χ0) is 17.1. The van der Waals surface area contributed by atoms with E-state index in [0.29, 0.717) is 29.4 Å². The van der Waals surface area contributed by atoms with Gasteiger partial charge in [0.1, 0.15) is 17.2 Å². The number of aromatic nitrogens is 1. The molecule has 24 heavy (non-hydrogen) atoms. The van der Waals surface area contributed by atoms with Crippen LogP contribution in [-0.2, 0) is 6.54 Å². The lowest BCUT2D eigenvalue weighted by Gasteiger charge is -2.08. The van der Waals surface area contributed by atoms with E-state index in [9.17, 15) is 4.79 Å². The van der Waals surface area contributed by atoms with Crippen LogP contribution < -0.4 is 10.1 Å². The third-order valence-electron chi connectivity index (χ3n) is 3.63. The van der Waals surface area contributed by atoms with Crippen molar-refractivity contribution in [3.05, 3.63) is 57.6 Å². The van der Waals surface area contributed by atoms with Crippen molar-refractivity contribution in [1.82, 2.24) is 10.3 Å². The number of ether oxygens (including phenoxy) is 1. The number of carbonyl (C=O) groups excluding carboxylic acids is 1. The number of amides is 1. The number of nitrogens with zero attached hydrogens (tertiary/aromatic N) is 1. The van der Waals surface area contributed by atoms with Crippen molar-refractivity contribution in [3.8, 4) is 17.2 Å². The molecule has 0 saturated carbocycles. The van der Waals surface area contributed by atoms with Gasteiger partial charge in [0, 0.05) is 10.9 Å². The SMILES string of the molecule is COc1cc(C(=O)NCc2ccc(-c3csc(C)n3)o2)ccc1C. The molecule has 0 aliphatic carbocycles. The summed E-state index contributed by atoms with van der Waals surface area (Å²) in [4.78, 5) is 16.6. The quantitative estimate of drug-likeness (QED) is 0.762. The van der Waals surface area contributed by atoms with Crippen LogP contribution in [0.4, 0.5) is 0 Å². The van der Waals surface area contributed by atoms with Crippen LogP contribution in [0.1, 0.15) is 26.7 Å². The molecule has 0 bridgehead atoms. The van der Waals surface area contributed by atoms with Gasteiger partial charge in [-0.25, -0.2) is 4.98 Å². The number of rotatable bonds is 5. The second-order valence-electron chi connectivity index (χ2n) is 5.38. The molecule has 0 atom stereocenters. The summed E-state index contributed by atoms with van der Waals surface area (Å²) in [5.41, 5.74) is 2.36. The number of hydrogen-bond acceptors (Lipinski definition) is 5. The van der Waals surface area contributed by atoms with Crippen LogP contribution >= 0.6 is 11.3 Å². The largest absolute Gasteiger partial charge is 0.496 e. The van der Waals surface area contributed by atoms with Gasteiger partial charge >= 0.3 is 0 Å². The number of thiazole rings is 1. The van der Waals surface area contributed by atoms with E-state index < -0.39 is 0 Å². The molecule has 0 saturated heterocycles. The highest BCUT2D eigenvalue weighted by Gasteiger charge is 2.11. The molecule has 2 heterocycles. The number of hydrogen-bond donors (Lipinski definition) is 1. The van der Waals surface area contributed by atoms with Crippen molar-refractivity contribution in [2.75, 3.05) is 7.11 Å². The maximum atomic E-state index is 12.3. The highest BCUT2D eigenvalue weighted by Crippen LogP contribution is 2.24. The lowest BCUT2D eigenvalue weighted by molar-refractivity contribution is 0.0948. The zero-order valence-corrected chi connectivity index (χ0v) is 14.6. The first-order chi connectivity index (χ1) is 11.6. The number of aryl methyl sites for hydroxylation is 2. The Balaban J connectivity index is 1.65. The Hall–Kier alpha value is -2.60. The molecule has 1 N–H and O–H groups in total. The Labute approximate surface area is 144 Å². The van der Waals surface area contributed by atoms with E-state index in [1.165, 1.54) is 0 Å². The van der Waals surface area contributed by atoms with E-state index in [1.54, 1.807) is 30.6 Å². The van der Waals surface area contributed by atoms with Crippen LogP contribution in [0, 0.1) is 13.8 Å². The minimum Gasteiger partial charge on any atom is -0.496 e. The normalized spacial score (nSPS) is 10.6. The van der Waals surface area contributed by atoms with E-state index in [-0.39, 0.29) is 5.91 Å². The first kappa shape index (κ1) is 16.3. The van der Waals surface area contributed by atoms with Crippen LogP contribution in [0.5, 0.6) is 5.75 Å². The van der Waals surface area contributed by atoms with Gasteiger partial charge in [0.25, 0.3) is 5.91 Å². The Bertz CT molecular complexity index is 867. The smallest absolute Gasteiger partial charge is 0.251 e. The summed E-state index contributed by atoms with van der Waals surface area (Å²) in [5.74, 6) is 1.92. The van der Waals surface area contributed by atoms with Crippen LogP contribution in [-0.4, -0.2) is 18.0 Å². The predicted molar refractivity (Wildman–Crippen MR) is 93.5 cm³/mol. The van der Waals surface area contributed by atoms with E-state index >= 15 is 0 Å². The Kier molecular flexibility index (Phi) is 4.66. The minimum absolute atomic E-state index is 0.171. The molecule has 124 valence electrons.